The van der Waals surface area contributed by atoms with Crippen molar-refractivity contribution in [1.82, 2.24) is 0 Å². The number of hydrogen-bond acceptors (Lipinski definition) is 2. The number of halogens is 4. The van der Waals surface area contributed by atoms with Crippen LogP contribution in [0.4, 0.5) is 23.2 Å². The van der Waals surface area contributed by atoms with Crippen LogP contribution in [-0.4, -0.2) is 0 Å². The molecule has 0 aliphatic heterocycles. The Balaban J connectivity index is 2.23. The highest BCUT2D eigenvalue weighted by Gasteiger charge is 2.30. The quantitative estimate of drug-likeness (QED) is 0.845. The lowest BCUT2D eigenvalue weighted by atomic mass is 10.1. The van der Waals surface area contributed by atoms with Gasteiger partial charge in [0.05, 0.1) is 17.3 Å². The van der Waals surface area contributed by atoms with Crippen LogP contribution in [0.1, 0.15) is 17.2 Å². The normalized spacial score (nSPS) is 12.5. The second kappa shape index (κ2) is 5.83. The Hall–Kier alpha value is -2.55. The zero-order valence-corrected chi connectivity index (χ0v) is 10.7. The largest absolute Gasteiger partial charge is 0.416 e. The minimum Gasteiger partial charge on any atom is -0.364 e. The molecule has 2 aromatic rings. The third-order valence-electron chi connectivity index (χ3n) is 2.87. The first-order chi connectivity index (χ1) is 9.91. The Morgan fingerprint density at radius 1 is 1.00 bits per heavy atom. The fraction of sp³-hybridized carbons (Fsp3) is 0.133. The Labute approximate surface area is 118 Å². The van der Waals surface area contributed by atoms with Crippen LogP contribution in [0.3, 0.4) is 0 Å². The molecule has 0 bridgehead atoms. The molecule has 2 nitrogen and oxygen atoms in total. The molecular weight excluding hydrogens is 284 g/mol. The van der Waals surface area contributed by atoms with Crippen molar-refractivity contribution in [2.24, 2.45) is 0 Å². The topological polar surface area (TPSA) is 35.8 Å². The first kappa shape index (κ1) is 14.9. The highest BCUT2D eigenvalue weighted by molar-refractivity contribution is 5.48. The van der Waals surface area contributed by atoms with Gasteiger partial charge in [0.15, 0.2) is 0 Å². The molecule has 1 N–H and O–H groups in total. The summed E-state index contributed by atoms with van der Waals surface area (Å²) in [6.07, 6.45) is -4.43. The number of rotatable bonds is 3. The molecule has 108 valence electrons. The standard InChI is InChI=1S/C15H10F4N2/c16-12-3-1-2-4-13(12)21-14(9-20)10-5-7-11(8-6-10)15(17,18)19/h1-8,14,21H. The number of nitrogens with one attached hydrogen (secondary N) is 1. The van der Waals surface area contributed by atoms with E-state index in [0.717, 1.165) is 12.1 Å². The number of anilines is 1. The van der Waals surface area contributed by atoms with Crippen molar-refractivity contribution in [3.8, 4) is 6.07 Å². The summed E-state index contributed by atoms with van der Waals surface area (Å²) in [5, 5.41) is 11.8. The fourth-order valence-corrected chi connectivity index (χ4v) is 1.79. The molecule has 6 heteroatoms. The van der Waals surface area contributed by atoms with Crippen LogP contribution in [0.2, 0.25) is 0 Å². The molecule has 2 aromatic carbocycles. The number of nitriles is 1. The van der Waals surface area contributed by atoms with Gasteiger partial charge in [-0.1, -0.05) is 24.3 Å². The van der Waals surface area contributed by atoms with Crippen LogP contribution in [0.15, 0.2) is 48.5 Å². The third kappa shape index (κ3) is 3.51. The SMILES string of the molecule is N#CC(Nc1ccccc1F)c1ccc(C(F)(F)F)cc1. The Morgan fingerprint density at radius 3 is 2.14 bits per heavy atom. The predicted octanol–water partition coefficient (Wildman–Crippen LogP) is 4.52. The van der Waals surface area contributed by atoms with E-state index in [1.165, 1.54) is 30.3 Å². The van der Waals surface area contributed by atoms with Gasteiger partial charge in [0.2, 0.25) is 0 Å². The van der Waals surface area contributed by atoms with E-state index in [1.807, 2.05) is 6.07 Å². The molecule has 0 spiro atoms. The van der Waals surface area contributed by atoms with Gasteiger partial charge < -0.3 is 5.32 Å². The maximum absolute atomic E-state index is 13.5. The van der Waals surface area contributed by atoms with E-state index in [-0.39, 0.29) is 5.69 Å². The minimum atomic E-state index is -4.43. The van der Waals surface area contributed by atoms with Gasteiger partial charge >= 0.3 is 6.18 Å². The van der Waals surface area contributed by atoms with Crippen molar-refractivity contribution in [1.29, 1.82) is 5.26 Å². The molecule has 0 saturated carbocycles. The van der Waals surface area contributed by atoms with Crippen molar-refractivity contribution < 1.29 is 17.6 Å². The second-order valence-corrected chi connectivity index (χ2v) is 4.31. The summed E-state index contributed by atoms with van der Waals surface area (Å²) in [6.45, 7) is 0. The lowest BCUT2D eigenvalue weighted by Crippen LogP contribution is -2.11. The third-order valence-corrected chi connectivity index (χ3v) is 2.87. The summed E-state index contributed by atoms with van der Waals surface area (Å²) in [4.78, 5) is 0. The molecule has 0 radical (unpaired) electrons. The predicted molar refractivity (Wildman–Crippen MR) is 69.8 cm³/mol. The fourth-order valence-electron chi connectivity index (χ4n) is 1.79. The van der Waals surface area contributed by atoms with Gasteiger partial charge in [-0.25, -0.2) is 4.39 Å². The van der Waals surface area contributed by atoms with Crippen LogP contribution in [0, 0.1) is 17.1 Å². The lowest BCUT2D eigenvalue weighted by molar-refractivity contribution is -0.137. The van der Waals surface area contributed by atoms with E-state index in [2.05, 4.69) is 5.32 Å². The summed E-state index contributed by atoms with van der Waals surface area (Å²) in [5.41, 5.74) is -0.355. The highest BCUT2D eigenvalue weighted by atomic mass is 19.4. The first-order valence-corrected chi connectivity index (χ1v) is 5.99. The molecule has 0 aromatic heterocycles. The van der Waals surface area contributed by atoms with Crippen LogP contribution in [-0.2, 0) is 6.18 Å². The van der Waals surface area contributed by atoms with Crippen LogP contribution >= 0.6 is 0 Å². The molecule has 0 amide bonds. The van der Waals surface area contributed by atoms with E-state index < -0.39 is 23.6 Å². The molecule has 1 atom stereocenters. The number of nitrogens with zero attached hydrogens (tertiary/aromatic N) is 1. The molecule has 21 heavy (non-hydrogen) atoms. The van der Waals surface area contributed by atoms with Gasteiger partial charge in [0.25, 0.3) is 0 Å². The average molecular weight is 294 g/mol. The minimum absolute atomic E-state index is 0.115. The summed E-state index contributed by atoms with van der Waals surface area (Å²) < 4.78 is 50.9. The van der Waals surface area contributed by atoms with Gasteiger partial charge in [-0.2, -0.15) is 18.4 Å². The molecule has 0 fully saturated rings. The summed E-state index contributed by atoms with van der Waals surface area (Å²) in [6, 6.07) is 10.9. The van der Waals surface area contributed by atoms with Crippen molar-refractivity contribution in [2.45, 2.75) is 12.2 Å². The number of alkyl halides is 3. The monoisotopic (exact) mass is 294 g/mol. The molecule has 0 heterocycles. The van der Waals surface area contributed by atoms with Gasteiger partial charge in [-0.3, -0.25) is 0 Å². The number of hydrogen-bond donors (Lipinski definition) is 1. The lowest BCUT2D eigenvalue weighted by Gasteiger charge is -2.15. The summed E-state index contributed by atoms with van der Waals surface area (Å²) in [7, 11) is 0. The molecule has 2 rings (SSSR count). The van der Waals surface area contributed by atoms with E-state index >= 15 is 0 Å². The first-order valence-electron chi connectivity index (χ1n) is 5.99. The van der Waals surface area contributed by atoms with Gasteiger partial charge in [-0.05, 0) is 29.8 Å². The Morgan fingerprint density at radius 2 is 1.62 bits per heavy atom. The maximum atomic E-state index is 13.5. The van der Waals surface area contributed by atoms with Crippen LogP contribution in [0.25, 0.3) is 0 Å². The smallest absolute Gasteiger partial charge is 0.364 e. The highest BCUT2D eigenvalue weighted by Crippen LogP contribution is 2.30. The zero-order valence-electron chi connectivity index (χ0n) is 10.7. The van der Waals surface area contributed by atoms with Crippen LogP contribution < -0.4 is 5.32 Å². The maximum Gasteiger partial charge on any atom is 0.416 e. The van der Waals surface area contributed by atoms with E-state index in [1.54, 1.807) is 6.07 Å². The van der Waals surface area contributed by atoms with Crippen molar-refractivity contribution in [3.63, 3.8) is 0 Å². The molecule has 0 aliphatic carbocycles. The molecular formula is C15H10F4N2. The Bertz CT molecular complexity index is 657. The van der Waals surface area contributed by atoms with Crippen molar-refractivity contribution in [2.75, 3.05) is 5.32 Å². The second-order valence-electron chi connectivity index (χ2n) is 4.31. The van der Waals surface area contributed by atoms with Gasteiger partial charge in [0, 0.05) is 0 Å². The number of benzene rings is 2. The van der Waals surface area contributed by atoms with Crippen molar-refractivity contribution in [3.05, 3.63) is 65.5 Å². The van der Waals surface area contributed by atoms with E-state index in [9.17, 15) is 17.6 Å². The Kier molecular flexibility index (Phi) is 4.13. The van der Waals surface area contributed by atoms with Gasteiger partial charge in [0.1, 0.15) is 11.9 Å². The van der Waals surface area contributed by atoms with E-state index in [0.29, 0.717) is 5.56 Å². The summed E-state index contributed by atoms with van der Waals surface area (Å²) in [5.74, 6) is -0.537. The summed E-state index contributed by atoms with van der Waals surface area (Å²) >= 11 is 0. The molecule has 0 saturated heterocycles. The van der Waals surface area contributed by atoms with Crippen LogP contribution in [0.5, 0.6) is 0 Å². The zero-order chi connectivity index (χ0) is 15.5. The average Bonchev–Trinajstić information content (AvgIpc) is 2.46. The molecule has 1 unspecified atom stereocenters. The molecule has 0 aliphatic rings. The van der Waals surface area contributed by atoms with Crippen molar-refractivity contribution >= 4 is 5.69 Å². The van der Waals surface area contributed by atoms with Gasteiger partial charge in [-0.15, -0.1) is 0 Å². The number of para-hydroxylation sites is 1. The van der Waals surface area contributed by atoms with E-state index in [4.69, 9.17) is 5.26 Å².